The summed E-state index contributed by atoms with van der Waals surface area (Å²) < 4.78 is 27.7. The molecule has 0 N–H and O–H groups in total. The third kappa shape index (κ3) is 5.88. The summed E-state index contributed by atoms with van der Waals surface area (Å²) in [7, 11) is -0.0660. The highest BCUT2D eigenvalue weighted by molar-refractivity contribution is 8.14. The molecule has 0 saturated heterocycles. The first-order chi connectivity index (χ1) is 13.2. The lowest BCUT2D eigenvalue weighted by Crippen LogP contribution is -2.36. The smallest absolute Gasteiger partial charge is 0.264 e. The fourth-order valence-electron chi connectivity index (χ4n) is 2.38. The van der Waals surface area contributed by atoms with Crippen molar-refractivity contribution in [3.8, 4) is 0 Å². The number of aromatic nitrogens is 1. The minimum Gasteiger partial charge on any atom is -0.308 e. The van der Waals surface area contributed by atoms with E-state index in [4.69, 9.17) is 0 Å². The molecule has 1 heterocycles. The Morgan fingerprint density at radius 2 is 1.61 bits per heavy atom. The van der Waals surface area contributed by atoms with Crippen LogP contribution in [0.3, 0.4) is 0 Å². The third-order valence-electron chi connectivity index (χ3n) is 3.87. The lowest BCUT2D eigenvalue weighted by atomic mass is 10.1. The number of anilines is 1. The molecule has 0 aliphatic rings. The van der Waals surface area contributed by atoms with Crippen LogP contribution in [0.2, 0.25) is 0 Å². The van der Waals surface area contributed by atoms with Gasteiger partial charge in [-0.3, -0.25) is 18.9 Å². The van der Waals surface area contributed by atoms with Crippen LogP contribution in [0.15, 0.2) is 53.7 Å². The lowest BCUT2D eigenvalue weighted by Gasteiger charge is -2.26. The topological polar surface area (TPSA) is 87.6 Å². The maximum Gasteiger partial charge on any atom is 0.264 e. The third-order valence-corrected chi connectivity index (χ3v) is 6.53. The van der Waals surface area contributed by atoms with Crippen molar-refractivity contribution in [1.29, 1.82) is 0 Å². The molecule has 7 nitrogen and oxygen atoms in total. The van der Waals surface area contributed by atoms with Crippen LogP contribution in [0.4, 0.5) is 5.69 Å². The van der Waals surface area contributed by atoms with Crippen LogP contribution in [0, 0.1) is 0 Å². The zero-order valence-electron chi connectivity index (χ0n) is 16.0. The fourth-order valence-corrected chi connectivity index (χ4v) is 4.34. The summed E-state index contributed by atoms with van der Waals surface area (Å²) in [5.74, 6) is -0.185. The normalized spacial score (nSPS) is 11.4. The van der Waals surface area contributed by atoms with Gasteiger partial charge in [-0.2, -0.15) is 0 Å². The van der Waals surface area contributed by atoms with Crippen LogP contribution in [-0.4, -0.2) is 62.1 Å². The average molecular weight is 422 g/mol. The number of nitrogens with zero attached hydrogens (tertiary/aromatic N) is 3. The number of thioether (sulfide) groups is 1. The number of pyridine rings is 1. The maximum atomic E-state index is 13.2. The predicted octanol–water partition coefficient (Wildman–Crippen LogP) is 2.30. The van der Waals surface area contributed by atoms with E-state index < -0.39 is 10.0 Å². The number of hydrogen-bond acceptors (Lipinski definition) is 7. The number of carbonyl (C=O) groups is 2. The van der Waals surface area contributed by atoms with Crippen LogP contribution >= 0.6 is 11.8 Å². The summed E-state index contributed by atoms with van der Waals surface area (Å²) in [5, 5.41) is -0.138. The number of ketones is 1. The molecule has 9 heteroatoms. The molecule has 2 rings (SSSR count). The van der Waals surface area contributed by atoms with E-state index in [0.29, 0.717) is 17.8 Å². The van der Waals surface area contributed by atoms with Gasteiger partial charge in [0.05, 0.1) is 16.3 Å². The Morgan fingerprint density at radius 1 is 1.00 bits per heavy atom. The molecule has 0 aliphatic heterocycles. The monoisotopic (exact) mass is 421 g/mol. The molecule has 0 radical (unpaired) electrons. The van der Waals surface area contributed by atoms with E-state index >= 15 is 0 Å². The van der Waals surface area contributed by atoms with Crippen molar-refractivity contribution in [2.45, 2.75) is 11.8 Å². The molecule has 0 spiro atoms. The van der Waals surface area contributed by atoms with Crippen molar-refractivity contribution in [3.63, 3.8) is 0 Å². The summed E-state index contributed by atoms with van der Waals surface area (Å²) in [6.07, 6.45) is 3.09. The highest BCUT2D eigenvalue weighted by atomic mass is 32.2. The molecule has 1 aromatic carbocycles. The lowest BCUT2D eigenvalue weighted by molar-refractivity contribution is -0.109. The fraction of sp³-hybridized carbons (Fsp3) is 0.316. The van der Waals surface area contributed by atoms with E-state index in [0.717, 1.165) is 11.8 Å². The number of likely N-dealkylation sites (N-methyl/N-ethyl adjacent to an activating group) is 1. The molecule has 150 valence electrons. The Bertz CT molecular complexity index is 914. The molecular weight excluding hydrogens is 398 g/mol. The standard InChI is InChI=1S/C19H23N3O4S2/c1-15(23)27-14-19(24)16-4-6-18(7-5-16)28(25,26)22(13-12-21(2)3)17-8-10-20-11-9-17/h4-11H,12-14H2,1-3H3. The van der Waals surface area contributed by atoms with Gasteiger partial charge in [0, 0.05) is 38.0 Å². The van der Waals surface area contributed by atoms with Gasteiger partial charge in [-0.1, -0.05) is 23.9 Å². The number of carbonyl (C=O) groups excluding carboxylic acids is 2. The SMILES string of the molecule is CC(=O)SCC(=O)c1ccc(S(=O)(=O)N(CCN(C)C)c2ccncc2)cc1. The van der Waals surface area contributed by atoms with Gasteiger partial charge in [0.1, 0.15) is 0 Å². The molecule has 28 heavy (non-hydrogen) atoms. The summed E-state index contributed by atoms with van der Waals surface area (Å²) in [6.45, 7) is 2.21. The molecule has 0 saturated carbocycles. The van der Waals surface area contributed by atoms with Crippen LogP contribution in [0.25, 0.3) is 0 Å². The molecule has 0 aliphatic carbocycles. The molecule has 0 unspecified atom stereocenters. The van der Waals surface area contributed by atoms with Crippen LogP contribution < -0.4 is 4.31 Å². The molecule has 2 aromatic rings. The Hall–Kier alpha value is -2.23. The van der Waals surface area contributed by atoms with E-state index in [1.54, 1.807) is 24.5 Å². The second kappa shape index (κ2) is 9.81. The van der Waals surface area contributed by atoms with Crippen molar-refractivity contribution in [2.24, 2.45) is 0 Å². The largest absolute Gasteiger partial charge is 0.308 e. The Balaban J connectivity index is 2.29. The molecule has 0 fully saturated rings. The van der Waals surface area contributed by atoms with Crippen LogP contribution in [-0.2, 0) is 14.8 Å². The first-order valence-electron chi connectivity index (χ1n) is 8.56. The van der Waals surface area contributed by atoms with E-state index in [1.807, 2.05) is 19.0 Å². The van der Waals surface area contributed by atoms with Gasteiger partial charge < -0.3 is 4.90 Å². The molecule has 1 aromatic heterocycles. The summed E-state index contributed by atoms with van der Waals surface area (Å²) >= 11 is 0.930. The van der Waals surface area contributed by atoms with Crippen molar-refractivity contribution in [1.82, 2.24) is 9.88 Å². The van der Waals surface area contributed by atoms with E-state index in [1.165, 1.54) is 35.5 Å². The molecular formula is C19H23N3O4S2. The Kier molecular flexibility index (Phi) is 7.73. The first kappa shape index (κ1) is 22.1. The zero-order valence-corrected chi connectivity index (χ0v) is 17.7. The minimum absolute atomic E-state index is 0.0351. The van der Waals surface area contributed by atoms with Gasteiger partial charge in [-0.15, -0.1) is 0 Å². The summed E-state index contributed by atoms with van der Waals surface area (Å²) in [5.41, 5.74) is 0.895. The van der Waals surface area contributed by atoms with E-state index in [9.17, 15) is 18.0 Å². The number of hydrogen-bond donors (Lipinski definition) is 0. The van der Waals surface area contributed by atoms with Gasteiger partial charge in [-0.25, -0.2) is 8.42 Å². The number of benzene rings is 1. The van der Waals surface area contributed by atoms with Crippen molar-refractivity contribution >= 4 is 38.4 Å². The zero-order chi connectivity index (χ0) is 20.7. The number of rotatable bonds is 9. The van der Waals surface area contributed by atoms with Crippen LogP contribution in [0.1, 0.15) is 17.3 Å². The maximum absolute atomic E-state index is 13.2. The highest BCUT2D eigenvalue weighted by Crippen LogP contribution is 2.23. The Labute approximate surface area is 169 Å². The average Bonchev–Trinajstić information content (AvgIpc) is 2.66. The second-order valence-electron chi connectivity index (χ2n) is 6.31. The van der Waals surface area contributed by atoms with Gasteiger partial charge in [-0.05, 0) is 38.4 Å². The quantitative estimate of drug-likeness (QED) is 0.574. The summed E-state index contributed by atoms with van der Waals surface area (Å²) in [4.78, 5) is 29.0. The van der Waals surface area contributed by atoms with Crippen LogP contribution in [0.5, 0.6) is 0 Å². The van der Waals surface area contributed by atoms with Crippen molar-refractivity contribution < 1.29 is 18.0 Å². The van der Waals surface area contributed by atoms with Gasteiger partial charge in [0.25, 0.3) is 10.0 Å². The minimum atomic E-state index is -3.81. The molecule has 0 atom stereocenters. The molecule has 0 amide bonds. The van der Waals surface area contributed by atoms with E-state index in [2.05, 4.69) is 4.98 Å². The Morgan fingerprint density at radius 3 is 2.14 bits per heavy atom. The predicted molar refractivity (Wildman–Crippen MR) is 111 cm³/mol. The van der Waals surface area contributed by atoms with Crippen molar-refractivity contribution in [3.05, 3.63) is 54.4 Å². The highest BCUT2D eigenvalue weighted by Gasteiger charge is 2.25. The summed E-state index contributed by atoms with van der Waals surface area (Å²) in [6, 6.07) is 9.09. The van der Waals surface area contributed by atoms with E-state index in [-0.39, 0.29) is 28.1 Å². The first-order valence-corrected chi connectivity index (χ1v) is 11.0. The number of sulfonamides is 1. The van der Waals surface area contributed by atoms with Gasteiger partial charge >= 0.3 is 0 Å². The van der Waals surface area contributed by atoms with Crippen molar-refractivity contribution in [2.75, 3.05) is 37.2 Å². The van der Waals surface area contributed by atoms with Gasteiger partial charge in [0.15, 0.2) is 10.9 Å². The number of Topliss-reactive ketones (excluding diaryl/α,β-unsaturated/α-hetero) is 1. The molecule has 0 bridgehead atoms. The van der Waals surface area contributed by atoms with Gasteiger partial charge in [0.2, 0.25) is 0 Å². The second-order valence-corrected chi connectivity index (χ2v) is 9.33.